The second-order valence-electron chi connectivity index (χ2n) is 3.86. The summed E-state index contributed by atoms with van der Waals surface area (Å²) in [5.41, 5.74) is 1.88. The summed E-state index contributed by atoms with van der Waals surface area (Å²) >= 11 is 7.57. The van der Waals surface area contributed by atoms with Crippen LogP contribution in [0.15, 0.2) is 30.3 Å². The lowest BCUT2D eigenvalue weighted by Crippen LogP contribution is -1.97. The van der Waals surface area contributed by atoms with Gasteiger partial charge in [0.25, 0.3) is 0 Å². The van der Waals surface area contributed by atoms with E-state index in [1.807, 2.05) is 44.2 Å². The first kappa shape index (κ1) is 11.6. The Morgan fingerprint density at radius 3 is 2.50 bits per heavy atom. The monoisotopic (exact) mass is 252 g/mol. The number of aliphatic hydroxyl groups is 1. The highest BCUT2D eigenvalue weighted by Gasteiger charge is 2.12. The van der Waals surface area contributed by atoms with E-state index >= 15 is 0 Å². The van der Waals surface area contributed by atoms with E-state index in [0.717, 1.165) is 21.0 Å². The van der Waals surface area contributed by atoms with Crippen LogP contribution in [0.25, 0.3) is 0 Å². The molecule has 0 spiro atoms. The zero-order chi connectivity index (χ0) is 11.7. The summed E-state index contributed by atoms with van der Waals surface area (Å²) in [5, 5.41) is 10.9. The van der Waals surface area contributed by atoms with Crippen LogP contribution < -0.4 is 0 Å². The standard InChI is InChI=1S/C13H13ClOS/c1-8-7-10(4-5-11(8)14)13(15)12-6-3-9(2)16-12/h3-7,13,15H,1-2H3/t13-/m0/s1. The van der Waals surface area contributed by atoms with Gasteiger partial charge in [-0.3, -0.25) is 0 Å². The summed E-state index contributed by atoms with van der Waals surface area (Å²) in [6.45, 7) is 3.98. The number of thiophene rings is 1. The number of hydrogen-bond donors (Lipinski definition) is 1. The number of halogens is 1. The predicted molar refractivity (Wildman–Crippen MR) is 69.3 cm³/mol. The molecule has 3 heteroatoms. The minimum Gasteiger partial charge on any atom is -0.383 e. The van der Waals surface area contributed by atoms with Crippen molar-refractivity contribution in [2.24, 2.45) is 0 Å². The molecule has 0 aliphatic heterocycles. The number of rotatable bonds is 2. The number of aliphatic hydroxyl groups excluding tert-OH is 1. The molecule has 0 aliphatic carbocycles. The van der Waals surface area contributed by atoms with E-state index in [2.05, 4.69) is 0 Å². The molecule has 0 amide bonds. The summed E-state index contributed by atoms with van der Waals surface area (Å²) in [5.74, 6) is 0. The molecule has 2 rings (SSSR count). The molecule has 16 heavy (non-hydrogen) atoms. The molecule has 1 atom stereocenters. The fourth-order valence-electron chi connectivity index (χ4n) is 1.60. The lowest BCUT2D eigenvalue weighted by Gasteiger charge is -2.10. The largest absolute Gasteiger partial charge is 0.383 e. The van der Waals surface area contributed by atoms with Crippen molar-refractivity contribution in [2.45, 2.75) is 20.0 Å². The first-order valence-electron chi connectivity index (χ1n) is 5.08. The van der Waals surface area contributed by atoms with Crippen LogP contribution in [-0.2, 0) is 0 Å². The van der Waals surface area contributed by atoms with Gasteiger partial charge in [0.05, 0.1) is 0 Å². The van der Waals surface area contributed by atoms with Crippen molar-refractivity contribution in [3.63, 3.8) is 0 Å². The summed E-state index contributed by atoms with van der Waals surface area (Å²) in [6, 6.07) is 9.62. The smallest absolute Gasteiger partial charge is 0.113 e. The molecule has 1 aromatic heterocycles. The van der Waals surface area contributed by atoms with E-state index < -0.39 is 6.10 Å². The minimum atomic E-state index is -0.547. The SMILES string of the molecule is Cc1ccc([C@@H](O)c2ccc(Cl)c(C)c2)s1. The van der Waals surface area contributed by atoms with Gasteiger partial charge in [-0.1, -0.05) is 23.7 Å². The molecule has 0 fully saturated rings. The van der Waals surface area contributed by atoms with Gasteiger partial charge in [-0.05, 0) is 43.2 Å². The third-order valence-electron chi connectivity index (χ3n) is 2.53. The van der Waals surface area contributed by atoms with Crippen LogP contribution in [0, 0.1) is 13.8 Å². The lowest BCUT2D eigenvalue weighted by atomic mass is 10.1. The van der Waals surface area contributed by atoms with Gasteiger partial charge in [-0.25, -0.2) is 0 Å². The van der Waals surface area contributed by atoms with Crippen molar-refractivity contribution in [3.05, 3.63) is 56.2 Å². The highest BCUT2D eigenvalue weighted by molar-refractivity contribution is 7.12. The average molecular weight is 253 g/mol. The fourth-order valence-corrected chi connectivity index (χ4v) is 2.61. The van der Waals surface area contributed by atoms with Gasteiger partial charge in [0, 0.05) is 14.8 Å². The van der Waals surface area contributed by atoms with Gasteiger partial charge in [0.1, 0.15) is 6.10 Å². The van der Waals surface area contributed by atoms with Crippen LogP contribution in [0.3, 0.4) is 0 Å². The van der Waals surface area contributed by atoms with E-state index in [1.54, 1.807) is 11.3 Å². The zero-order valence-corrected chi connectivity index (χ0v) is 10.8. The van der Waals surface area contributed by atoms with Crippen LogP contribution in [0.2, 0.25) is 5.02 Å². The normalized spacial score (nSPS) is 12.8. The van der Waals surface area contributed by atoms with Gasteiger partial charge in [0.15, 0.2) is 0 Å². The van der Waals surface area contributed by atoms with Crippen molar-refractivity contribution in [2.75, 3.05) is 0 Å². The molecule has 1 heterocycles. The molecule has 1 aromatic carbocycles. The highest BCUT2D eigenvalue weighted by atomic mass is 35.5. The zero-order valence-electron chi connectivity index (χ0n) is 9.20. The van der Waals surface area contributed by atoms with Crippen LogP contribution >= 0.6 is 22.9 Å². The quantitative estimate of drug-likeness (QED) is 0.853. The van der Waals surface area contributed by atoms with Crippen molar-refractivity contribution >= 4 is 22.9 Å². The molecule has 1 N–H and O–H groups in total. The van der Waals surface area contributed by atoms with Gasteiger partial charge < -0.3 is 5.11 Å². The fraction of sp³-hybridized carbons (Fsp3) is 0.231. The van der Waals surface area contributed by atoms with Crippen molar-refractivity contribution < 1.29 is 5.11 Å². The molecule has 0 saturated carbocycles. The Kier molecular flexibility index (Phi) is 3.33. The minimum absolute atomic E-state index is 0.547. The second-order valence-corrected chi connectivity index (χ2v) is 5.59. The molecule has 0 bridgehead atoms. The van der Waals surface area contributed by atoms with Crippen LogP contribution in [0.1, 0.15) is 27.0 Å². The Labute approximate surface area is 104 Å². The topological polar surface area (TPSA) is 20.2 Å². The maximum Gasteiger partial charge on any atom is 0.113 e. The van der Waals surface area contributed by atoms with E-state index in [0.29, 0.717) is 0 Å². The van der Waals surface area contributed by atoms with E-state index in [4.69, 9.17) is 11.6 Å². The Bertz CT molecular complexity index is 504. The van der Waals surface area contributed by atoms with Crippen molar-refractivity contribution in [1.29, 1.82) is 0 Å². The number of benzene rings is 1. The van der Waals surface area contributed by atoms with E-state index in [9.17, 15) is 5.11 Å². The molecule has 0 saturated heterocycles. The summed E-state index contributed by atoms with van der Waals surface area (Å²) in [4.78, 5) is 2.18. The first-order chi connectivity index (χ1) is 7.58. The Hall–Kier alpha value is -0.830. The third-order valence-corrected chi connectivity index (χ3v) is 4.01. The molecule has 0 unspecified atom stereocenters. The number of hydrogen-bond acceptors (Lipinski definition) is 2. The molecule has 1 nitrogen and oxygen atoms in total. The molecular formula is C13H13ClOS. The highest BCUT2D eigenvalue weighted by Crippen LogP contribution is 2.29. The van der Waals surface area contributed by atoms with Gasteiger partial charge >= 0.3 is 0 Å². The predicted octanol–water partition coefficient (Wildman–Crippen LogP) is 4.10. The van der Waals surface area contributed by atoms with Crippen LogP contribution in [-0.4, -0.2) is 5.11 Å². The maximum atomic E-state index is 10.2. The van der Waals surface area contributed by atoms with Gasteiger partial charge in [-0.2, -0.15) is 0 Å². The van der Waals surface area contributed by atoms with E-state index in [1.165, 1.54) is 4.88 Å². The summed E-state index contributed by atoms with van der Waals surface area (Å²) in [6.07, 6.45) is -0.547. The Morgan fingerprint density at radius 2 is 1.94 bits per heavy atom. The molecular weight excluding hydrogens is 240 g/mol. The number of aryl methyl sites for hydroxylation is 2. The van der Waals surface area contributed by atoms with Crippen molar-refractivity contribution in [1.82, 2.24) is 0 Å². The third kappa shape index (κ3) is 2.29. The molecule has 0 aliphatic rings. The first-order valence-corrected chi connectivity index (χ1v) is 6.28. The van der Waals surface area contributed by atoms with Crippen molar-refractivity contribution in [3.8, 4) is 0 Å². The Morgan fingerprint density at radius 1 is 1.19 bits per heavy atom. The second kappa shape index (κ2) is 4.58. The van der Waals surface area contributed by atoms with E-state index in [-0.39, 0.29) is 0 Å². The summed E-state index contributed by atoms with van der Waals surface area (Å²) in [7, 11) is 0. The van der Waals surface area contributed by atoms with Crippen LogP contribution in [0.4, 0.5) is 0 Å². The molecule has 84 valence electrons. The summed E-state index contributed by atoms with van der Waals surface area (Å²) < 4.78 is 0. The van der Waals surface area contributed by atoms with Gasteiger partial charge in [0.2, 0.25) is 0 Å². The lowest BCUT2D eigenvalue weighted by molar-refractivity contribution is 0.224. The van der Waals surface area contributed by atoms with Gasteiger partial charge in [-0.15, -0.1) is 11.3 Å². The van der Waals surface area contributed by atoms with Crippen LogP contribution in [0.5, 0.6) is 0 Å². The molecule has 0 radical (unpaired) electrons. The molecule has 2 aromatic rings. The Balaban J connectivity index is 2.33. The maximum absolute atomic E-state index is 10.2. The average Bonchev–Trinajstić information content (AvgIpc) is 2.68.